The molecule has 0 aliphatic rings. The average molecular weight is 363 g/mol. The molecule has 0 saturated heterocycles. The summed E-state index contributed by atoms with van der Waals surface area (Å²) in [6.07, 6.45) is 0.592. The minimum atomic E-state index is -3.80. The van der Waals surface area contributed by atoms with Gasteiger partial charge < -0.3 is 10.1 Å². The van der Waals surface area contributed by atoms with Gasteiger partial charge in [0.1, 0.15) is 4.90 Å². The van der Waals surface area contributed by atoms with Crippen LogP contribution in [0.15, 0.2) is 29.2 Å². The number of sulfonamides is 1. The van der Waals surface area contributed by atoms with Gasteiger partial charge in [0.2, 0.25) is 10.0 Å². The van der Waals surface area contributed by atoms with Crippen LogP contribution in [0.4, 0.5) is 0 Å². The molecular weight excluding hydrogens is 344 g/mol. The monoisotopic (exact) mass is 362 g/mol. The lowest BCUT2D eigenvalue weighted by Gasteiger charge is -2.08. The maximum Gasteiger partial charge on any atom is 0.307 e. The minimum absolute atomic E-state index is 0.0611. The molecule has 0 atom stereocenters. The van der Waals surface area contributed by atoms with E-state index in [1.807, 2.05) is 6.92 Å². The van der Waals surface area contributed by atoms with E-state index in [0.717, 1.165) is 6.42 Å². The second kappa shape index (κ2) is 9.49. The third-order valence-corrected chi connectivity index (χ3v) is 4.64. The number of halogens is 1. The minimum Gasteiger partial charge on any atom is -0.456 e. The van der Waals surface area contributed by atoms with Crippen LogP contribution in [0.5, 0.6) is 0 Å². The highest BCUT2D eigenvalue weighted by Gasteiger charge is 2.17. The molecule has 1 rings (SSSR count). The Morgan fingerprint density at radius 1 is 1.22 bits per heavy atom. The van der Waals surface area contributed by atoms with Gasteiger partial charge in [-0.05, 0) is 18.6 Å². The Morgan fingerprint density at radius 2 is 1.91 bits per heavy atom. The summed E-state index contributed by atoms with van der Waals surface area (Å²) < 4.78 is 31.0. The molecule has 7 nitrogen and oxygen atoms in total. The molecular formula is C14H19ClN2O5S. The van der Waals surface area contributed by atoms with E-state index in [9.17, 15) is 18.0 Å². The van der Waals surface area contributed by atoms with Crippen LogP contribution in [0.25, 0.3) is 0 Å². The molecule has 0 heterocycles. The first kappa shape index (κ1) is 19.4. The van der Waals surface area contributed by atoms with Crippen molar-refractivity contribution in [3.63, 3.8) is 0 Å². The summed E-state index contributed by atoms with van der Waals surface area (Å²) in [5, 5.41) is 2.65. The van der Waals surface area contributed by atoms with E-state index in [-0.39, 0.29) is 29.5 Å². The van der Waals surface area contributed by atoms with Crippen LogP contribution >= 0.6 is 11.6 Å². The summed E-state index contributed by atoms with van der Waals surface area (Å²) in [4.78, 5) is 22.6. The quantitative estimate of drug-likeness (QED) is 0.640. The first-order chi connectivity index (χ1) is 10.9. The zero-order valence-electron chi connectivity index (χ0n) is 12.7. The number of amides is 1. The van der Waals surface area contributed by atoms with Gasteiger partial charge in [-0.3, -0.25) is 9.59 Å². The van der Waals surface area contributed by atoms with Crippen LogP contribution in [0.3, 0.4) is 0 Å². The third kappa shape index (κ3) is 6.98. The third-order valence-electron chi connectivity index (χ3n) is 2.68. The maximum absolute atomic E-state index is 12.0. The van der Waals surface area contributed by atoms with Crippen molar-refractivity contribution in [3.05, 3.63) is 29.3 Å². The lowest BCUT2D eigenvalue weighted by Crippen LogP contribution is -2.30. The highest BCUT2D eigenvalue weighted by atomic mass is 35.5. The van der Waals surface area contributed by atoms with Crippen molar-refractivity contribution in [1.29, 1.82) is 0 Å². The number of benzene rings is 1. The van der Waals surface area contributed by atoms with Gasteiger partial charge in [-0.2, -0.15) is 0 Å². The highest BCUT2D eigenvalue weighted by Crippen LogP contribution is 2.19. The lowest BCUT2D eigenvalue weighted by atomic mass is 10.4. The molecule has 0 saturated carbocycles. The molecule has 128 valence electrons. The van der Waals surface area contributed by atoms with Gasteiger partial charge in [0.25, 0.3) is 5.91 Å². The van der Waals surface area contributed by atoms with E-state index in [2.05, 4.69) is 10.0 Å². The topological polar surface area (TPSA) is 102 Å². The Balaban J connectivity index is 2.37. The van der Waals surface area contributed by atoms with Crippen LogP contribution in [0.1, 0.15) is 19.8 Å². The van der Waals surface area contributed by atoms with Crippen molar-refractivity contribution in [1.82, 2.24) is 10.0 Å². The van der Waals surface area contributed by atoms with E-state index >= 15 is 0 Å². The largest absolute Gasteiger partial charge is 0.456 e. The molecule has 0 aliphatic heterocycles. The number of esters is 1. The standard InChI is InChI=1S/C14H19ClN2O5S/c1-2-8-16-13(18)10-22-14(19)7-9-17-23(20,21)12-6-4-3-5-11(12)15/h3-6,17H,2,7-10H2,1H3,(H,16,18). The van der Waals surface area contributed by atoms with Gasteiger partial charge in [0.15, 0.2) is 6.61 Å². The molecule has 0 unspecified atom stereocenters. The number of carbonyl (C=O) groups excluding carboxylic acids is 2. The van der Waals surface area contributed by atoms with Gasteiger partial charge >= 0.3 is 5.97 Å². The van der Waals surface area contributed by atoms with Gasteiger partial charge in [0, 0.05) is 13.1 Å². The fourth-order valence-corrected chi connectivity index (χ4v) is 3.11. The second-order valence-corrected chi connectivity index (χ2v) is 6.73. The summed E-state index contributed by atoms with van der Waals surface area (Å²) in [7, 11) is -3.80. The van der Waals surface area contributed by atoms with Crippen molar-refractivity contribution >= 4 is 33.5 Å². The van der Waals surface area contributed by atoms with Crippen LogP contribution in [-0.2, 0) is 24.3 Å². The molecule has 1 aromatic carbocycles. The molecule has 0 aromatic heterocycles. The van der Waals surface area contributed by atoms with Crippen molar-refractivity contribution in [2.45, 2.75) is 24.7 Å². The molecule has 0 aliphatic carbocycles. The molecule has 9 heteroatoms. The molecule has 1 amide bonds. The van der Waals surface area contributed by atoms with Crippen molar-refractivity contribution in [3.8, 4) is 0 Å². The van der Waals surface area contributed by atoms with E-state index in [4.69, 9.17) is 16.3 Å². The van der Waals surface area contributed by atoms with E-state index in [1.165, 1.54) is 12.1 Å². The number of nitrogens with one attached hydrogen (secondary N) is 2. The zero-order valence-corrected chi connectivity index (χ0v) is 14.2. The predicted molar refractivity (Wildman–Crippen MR) is 85.5 cm³/mol. The highest BCUT2D eigenvalue weighted by molar-refractivity contribution is 7.89. The number of hydrogen-bond donors (Lipinski definition) is 2. The molecule has 0 bridgehead atoms. The molecule has 2 N–H and O–H groups in total. The summed E-state index contributed by atoms with van der Waals surface area (Å²) in [5.41, 5.74) is 0. The molecule has 1 aromatic rings. The number of ether oxygens (including phenoxy) is 1. The van der Waals surface area contributed by atoms with Crippen LogP contribution in [0, 0.1) is 0 Å². The first-order valence-corrected chi connectivity index (χ1v) is 8.89. The summed E-state index contributed by atoms with van der Waals surface area (Å²) in [5.74, 6) is -1.06. The van der Waals surface area contributed by atoms with Crippen LogP contribution in [0.2, 0.25) is 5.02 Å². The Labute approximate surface area is 140 Å². The fourth-order valence-electron chi connectivity index (χ4n) is 1.56. The molecule has 0 fully saturated rings. The van der Waals surface area contributed by atoms with Crippen molar-refractivity contribution in [2.75, 3.05) is 19.7 Å². The van der Waals surface area contributed by atoms with E-state index in [0.29, 0.717) is 6.54 Å². The molecule has 0 spiro atoms. The fraction of sp³-hybridized carbons (Fsp3) is 0.429. The van der Waals surface area contributed by atoms with Crippen LogP contribution in [-0.4, -0.2) is 40.0 Å². The Bertz CT molecular complexity index is 648. The van der Waals surface area contributed by atoms with E-state index in [1.54, 1.807) is 12.1 Å². The first-order valence-electron chi connectivity index (χ1n) is 7.03. The molecule has 23 heavy (non-hydrogen) atoms. The summed E-state index contributed by atoms with van der Waals surface area (Å²) in [6.45, 7) is 1.88. The lowest BCUT2D eigenvalue weighted by molar-refractivity contribution is -0.148. The van der Waals surface area contributed by atoms with Gasteiger partial charge in [0.05, 0.1) is 11.4 Å². The van der Waals surface area contributed by atoms with Gasteiger partial charge in [-0.15, -0.1) is 0 Å². The normalized spacial score (nSPS) is 11.0. The van der Waals surface area contributed by atoms with Crippen molar-refractivity contribution in [2.24, 2.45) is 0 Å². The average Bonchev–Trinajstić information content (AvgIpc) is 2.51. The summed E-state index contributed by atoms with van der Waals surface area (Å²) >= 11 is 5.82. The SMILES string of the molecule is CCCNC(=O)COC(=O)CCNS(=O)(=O)c1ccccc1Cl. The van der Waals surface area contributed by atoms with Gasteiger partial charge in [-0.25, -0.2) is 13.1 Å². The Morgan fingerprint density at radius 3 is 2.57 bits per heavy atom. The van der Waals surface area contributed by atoms with Crippen LogP contribution < -0.4 is 10.0 Å². The number of hydrogen-bond acceptors (Lipinski definition) is 5. The predicted octanol–water partition coefficient (Wildman–Crippen LogP) is 1.08. The Hall–Kier alpha value is -1.64. The summed E-state index contributed by atoms with van der Waals surface area (Å²) in [6, 6.07) is 5.98. The van der Waals surface area contributed by atoms with Crippen molar-refractivity contribution < 1.29 is 22.7 Å². The number of rotatable bonds is 9. The second-order valence-electron chi connectivity index (χ2n) is 4.59. The van der Waals surface area contributed by atoms with E-state index < -0.39 is 21.9 Å². The molecule has 0 radical (unpaired) electrons. The Kier molecular flexibility index (Phi) is 8.01. The smallest absolute Gasteiger partial charge is 0.307 e. The van der Waals surface area contributed by atoms with Gasteiger partial charge in [-0.1, -0.05) is 30.7 Å². The zero-order chi connectivity index (χ0) is 17.3. The maximum atomic E-state index is 12.0. The number of carbonyl (C=O) groups is 2.